The minimum atomic E-state index is -0.350. The van der Waals surface area contributed by atoms with Gasteiger partial charge in [-0.1, -0.05) is 39.9 Å². The van der Waals surface area contributed by atoms with Crippen molar-refractivity contribution in [3.05, 3.63) is 0 Å². The maximum Gasteiger partial charge on any atom is 0.0667 e. The van der Waals surface area contributed by atoms with Crippen molar-refractivity contribution >= 4 is 28.2 Å². The molecule has 0 unspecified atom stereocenters. The smallest absolute Gasteiger partial charge is 0.0667 e. The Morgan fingerprint density at radius 3 is 2.08 bits per heavy atom. The zero-order valence-electron chi connectivity index (χ0n) is 8.42. The van der Waals surface area contributed by atoms with E-state index in [0.717, 1.165) is 4.20 Å². The standard InChI is InChI=1S/C9H18OS2/c1-6(8(11)12-5)7(10)9(2,3)4/h6-7,10H,1-5H3/t6-,7+/m0/s1. The van der Waals surface area contributed by atoms with Gasteiger partial charge in [0.25, 0.3) is 0 Å². The Balaban J connectivity index is 4.29. The Morgan fingerprint density at radius 2 is 1.83 bits per heavy atom. The van der Waals surface area contributed by atoms with E-state index in [1.54, 1.807) is 11.8 Å². The minimum absolute atomic E-state index is 0.0841. The van der Waals surface area contributed by atoms with Crippen LogP contribution in [0.1, 0.15) is 27.7 Å². The molecular formula is C9H18OS2. The van der Waals surface area contributed by atoms with Gasteiger partial charge in [-0.3, -0.25) is 0 Å². The molecule has 0 saturated carbocycles. The highest BCUT2D eigenvalue weighted by atomic mass is 32.2. The van der Waals surface area contributed by atoms with Gasteiger partial charge in [0.1, 0.15) is 0 Å². The summed E-state index contributed by atoms with van der Waals surface area (Å²) in [4.78, 5) is 0. The lowest BCUT2D eigenvalue weighted by Crippen LogP contribution is -2.35. The molecule has 0 aliphatic rings. The van der Waals surface area contributed by atoms with Crippen molar-refractivity contribution in [2.24, 2.45) is 11.3 Å². The molecule has 12 heavy (non-hydrogen) atoms. The van der Waals surface area contributed by atoms with Crippen molar-refractivity contribution in [2.45, 2.75) is 33.8 Å². The molecule has 72 valence electrons. The third-order valence-corrected chi connectivity index (χ3v) is 3.58. The van der Waals surface area contributed by atoms with E-state index in [9.17, 15) is 5.11 Å². The third-order valence-electron chi connectivity index (χ3n) is 1.93. The van der Waals surface area contributed by atoms with Gasteiger partial charge in [0.15, 0.2) is 0 Å². The molecular weight excluding hydrogens is 188 g/mol. The van der Waals surface area contributed by atoms with E-state index in [2.05, 4.69) is 0 Å². The summed E-state index contributed by atoms with van der Waals surface area (Å²) in [6, 6.07) is 0. The fourth-order valence-corrected chi connectivity index (χ4v) is 1.69. The Kier molecular flexibility index (Phi) is 4.74. The van der Waals surface area contributed by atoms with E-state index in [1.165, 1.54) is 0 Å². The molecule has 0 spiro atoms. The van der Waals surface area contributed by atoms with Gasteiger partial charge in [0, 0.05) is 5.92 Å². The fourth-order valence-electron chi connectivity index (χ4n) is 1.06. The van der Waals surface area contributed by atoms with Crippen LogP contribution in [0.25, 0.3) is 0 Å². The lowest BCUT2D eigenvalue weighted by Gasteiger charge is -2.30. The Hall–Kier alpha value is 0.400. The van der Waals surface area contributed by atoms with Crippen LogP contribution in [-0.4, -0.2) is 21.7 Å². The number of hydrogen-bond acceptors (Lipinski definition) is 3. The normalized spacial score (nSPS) is 17.2. The molecule has 0 bridgehead atoms. The number of aliphatic hydroxyl groups excluding tert-OH is 1. The van der Waals surface area contributed by atoms with Crippen LogP contribution in [0.3, 0.4) is 0 Å². The Morgan fingerprint density at radius 1 is 1.42 bits per heavy atom. The number of thiocarbonyl (C=S) groups is 1. The highest BCUT2D eigenvalue weighted by molar-refractivity contribution is 8.22. The van der Waals surface area contributed by atoms with Crippen LogP contribution in [0.15, 0.2) is 0 Å². The summed E-state index contributed by atoms with van der Waals surface area (Å²) < 4.78 is 0.887. The van der Waals surface area contributed by atoms with Gasteiger partial charge < -0.3 is 5.11 Å². The minimum Gasteiger partial charge on any atom is -0.392 e. The van der Waals surface area contributed by atoms with Crippen LogP contribution in [0, 0.1) is 11.3 Å². The van der Waals surface area contributed by atoms with Crippen LogP contribution in [0.4, 0.5) is 0 Å². The molecule has 0 aromatic rings. The van der Waals surface area contributed by atoms with Gasteiger partial charge in [-0.25, -0.2) is 0 Å². The van der Waals surface area contributed by atoms with E-state index in [1.807, 2.05) is 34.0 Å². The molecule has 0 aromatic heterocycles. The van der Waals surface area contributed by atoms with Crippen molar-refractivity contribution in [1.82, 2.24) is 0 Å². The first kappa shape index (κ1) is 12.4. The maximum absolute atomic E-state index is 9.85. The van der Waals surface area contributed by atoms with Crippen molar-refractivity contribution in [3.63, 3.8) is 0 Å². The Labute approximate surface area is 84.9 Å². The lowest BCUT2D eigenvalue weighted by molar-refractivity contribution is 0.0412. The number of thioether (sulfide) groups is 1. The first-order valence-corrected chi connectivity index (χ1v) is 5.70. The number of hydrogen-bond donors (Lipinski definition) is 1. The van der Waals surface area contributed by atoms with Gasteiger partial charge in [0.05, 0.1) is 10.3 Å². The van der Waals surface area contributed by atoms with Crippen LogP contribution < -0.4 is 0 Å². The van der Waals surface area contributed by atoms with Gasteiger partial charge in [-0.05, 0) is 11.7 Å². The molecule has 0 rings (SSSR count). The molecule has 0 amide bonds. The van der Waals surface area contributed by atoms with Crippen LogP contribution in [-0.2, 0) is 0 Å². The van der Waals surface area contributed by atoms with Gasteiger partial charge in [-0.2, -0.15) is 0 Å². The van der Waals surface area contributed by atoms with Crippen LogP contribution in [0.2, 0.25) is 0 Å². The lowest BCUT2D eigenvalue weighted by atomic mass is 9.83. The van der Waals surface area contributed by atoms with Gasteiger partial charge in [0.2, 0.25) is 0 Å². The van der Waals surface area contributed by atoms with Gasteiger partial charge >= 0.3 is 0 Å². The molecule has 0 radical (unpaired) electrons. The monoisotopic (exact) mass is 206 g/mol. The molecule has 0 fully saturated rings. The van der Waals surface area contributed by atoms with E-state index in [0.29, 0.717) is 0 Å². The zero-order valence-corrected chi connectivity index (χ0v) is 10.1. The summed E-state index contributed by atoms with van der Waals surface area (Å²) in [5, 5.41) is 9.85. The van der Waals surface area contributed by atoms with E-state index >= 15 is 0 Å². The molecule has 1 nitrogen and oxygen atoms in total. The van der Waals surface area contributed by atoms with E-state index in [-0.39, 0.29) is 17.4 Å². The average Bonchev–Trinajstić information content (AvgIpc) is 1.98. The first-order chi connectivity index (χ1) is 5.30. The summed E-state index contributed by atoms with van der Waals surface area (Å²) in [7, 11) is 0. The highest BCUT2D eigenvalue weighted by Crippen LogP contribution is 2.28. The average molecular weight is 206 g/mol. The van der Waals surface area contributed by atoms with Crippen molar-refractivity contribution < 1.29 is 5.11 Å². The number of rotatable bonds is 2. The molecule has 3 heteroatoms. The van der Waals surface area contributed by atoms with Crippen LogP contribution >= 0.6 is 24.0 Å². The van der Waals surface area contributed by atoms with E-state index < -0.39 is 0 Å². The van der Waals surface area contributed by atoms with Crippen molar-refractivity contribution in [1.29, 1.82) is 0 Å². The summed E-state index contributed by atoms with van der Waals surface area (Å²) in [5.41, 5.74) is -0.0841. The molecule has 1 N–H and O–H groups in total. The van der Waals surface area contributed by atoms with Crippen molar-refractivity contribution in [2.75, 3.05) is 6.26 Å². The molecule has 0 aliphatic heterocycles. The quantitative estimate of drug-likeness (QED) is 0.702. The predicted molar refractivity (Wildman–Crippen MR) is 60.7 cm³/mol. The summed E-state index contributed by atoms with van der Waals surface area (Å²) >= 11 is 6.67. The molecule has 2 atom stereocenters. The molecule has 0 aliphatic carbocycles. The SMILES string of the molecule is CSC(=S)[C@@H](C)[C@@H](O)C(C)(C)C. The zero-order chi connectivity index (χ0) is 9.94. The molecule has 0 heterocycles. The highest BCUT2D eigenvalue weighted by Gasteiger charge is 2.29. The summed E-state index contributed by atoms with van der Waals surface area (Å²) in [6.45, 7) is 8.06. The predicted octanol–water partition coefficient (Wildman–Crippen LogP) is 2.72. The molecule has 0 aromatic carbocycles. The van der Waals surface area contributed by atoms with Crippen molar-refractivity contribution in [3.8, 4) is 0 Å². The number of aliphatic hydroxyl groups is 1. The summed E-state index contributed by atoms with van der Waals surface area (Å²) in [5.74, 6) is 0.0926. The first-order valence-electron chi connectivity index (χ1n) is 4.06. The van der Waals surface area contributed by atoms with E-state index in [4.69, 9.17) is 12.2 Å². The Bertz CT molecular complexity index is 160. The second kappa shape index (κ2) is 4.58. The van der Waals surface area contributed by atoms with Crippen LogP contribution in [0.5, 0.6) is 0 Å². The van der Waals surface area contributed by atoms with Gasteiger partial charge in [-0.15, -0.1) is 11.8 Å². The maximum atomic E-state index is 9.85. The molecule has 0 saturated heterocycles. The third kappa shape index (κ3) is 3.42. The summed E-state index contributed by atoms with van der Waals surface area (Å²) in [6.07, 6.45) is 1.60. The largest absolute Gasteiger partial charge is 0.392 e. The fraction of sp³-hybridized carbons (Fsp3) is 0.889. The second-order valence-corrected chi connectivity index (χ2v) is 5.67. The second-order valence-electron chi connectivity index (χ2n) is 4.12. The topological polar surface area (TPSA) is 20.2 Å².